The Kier molecular flexibility index (Phi) is 5.03. The summed E-state index contributed by atoms with van der Waals surface area (Å²) in [5.74, 6) is 0.678. The van der Waals surface area contributed by atoms with E-state index >= 15 is 0 Å². The van der Waals surface area contributed by atoms with E-state index in [-0.39, 0.29) is 6.10 Å². The van der Waals surface area contributed by atoms with E-state index in [1.165, 1.54) is 12.8 Å². The molecule has 6 heteroatoms. The maximum Gasteiger partial charge on any atom is 0.219 e. The van der Waals surface area contributed by atoms with Gasteiger partial charge < -0.3 is 10.1 Å². The van der Waals surface area contributed by atoms with Crippen LogP contribution in [0.1, 0.15) is 48.1 Å². The Morgan fingerprint density at radius 1 is 1.22 bits per heavy atom. The van der Waals surface area contributed by atoms with E-state index in [1.807, 2.05) is 19.9 Å². The lowest BCUT2D eigenvalue weighted by Crippen LogP contribution is -2.42. The summed E-state index contributed by atoms with van der Waals surface area (Å²) >= 11 is 6.39. The fraction of sp³-hybridized carbons (Fsp3) is 0.476. The van der Waals surface area contributed by atoms with Gasteiger partial charge >= 0.3 is 0 Å². The van der Waals surface area contributed by atoms with Crippen molar-refractivity contribution in [3.05, 3.63) is 57.3 Å². The standard InChI is InChI=1S/C21H23ClN4O/c1-12-6-14(18(22)10-19(12)23-3)7-20-13(2)21(25-11-24-20)27-17-8-15-4-5-16(9-17)26-15/h6,10-11,15-17,26H,4-5,7-9H2,1-2H3. The third-order valence-corrected chi connectivity index (χ3v) is 6.05. The Balaban J connectivity index is 1.54. The lowest BCUT2D eigenvalue weighted by molar-refractivity contribution is 0.130. The van der Waals surface area contributed by atoms with Gasteiger partial charge in [0.1, 0.15) is 12.4 Å². The molecule has 0 aliphatic carbocycles. The second-order valence-corrected chi connectivity index (χ2v) is 8.03. The lowest BCUT2D eigenvalue weighted by Gasteiger charge is -2.29. The highest BCUT2D eigenvalue weighted by Crippen LogP contribution is 2.32. The number of halogens is 1. The SMILES string of the molecule is [C-]#[N+]c1cc(Cl)c(Cc2ncnc(OC3CC4CCC(C3)N4)c2C)cc1C. The first-order valence-corrected chi connectivity index (χ1v) is 9.81. The quantitative estimate of drug-likeness (QED) is 0.788. The summed E-state index contributed by atoms with van der Waals surface area (Å²) in [6.07, 6.45) is 6.96. The first kappa shape index (κ1) is 18.2. The molecule has 2 aliphatic heterocycles. The predicted molar refractivity (Wildman–Crippen MR) is 106 cm³/mol. The summed E-state index contributed by atoms with van der Waals surface area (Å²) in [6.45, 7) is 11.2. The number of hydrogen-bond donors (Lipinski definition) is 1. The van der Waals surface area contributed by atoms with Crippen LogP contribution in [0, 0.1) is 20.4 Å². The molecule has 2 bridgehead atoms. The van der Waals surface area contributed by atoms with Crippen molar-refractivity contribution in [2.45, 2.75) is 64.1 Å². The fourth-order valence-corrected chi connectivity index (χ4v) is 4.42. The third kappa shape index (κ3) is 3.78. The molecule has 1 N–H and O–H groups in total. The molecule has 27 heavy (non-hydrogen) atoms. The molecule has 1 aromatic heterocycles. The highest BCUT2D eigenvalue weighted by atomic mass is 35.5. The molecular formula is C21H23ClN4O. The second-order valence-electron chi connectivity index (χ2n) is 7.62. The van der Waals surface area contributed by atoms with E-state index < -0.39 is 0 Å². The molecule has 3 heterocycles. The van der Waals surface area contributed by atoms with Crippen LogP contribution in [0.3, 0.4) is 0 Å². The molecule has 5 nitrogen and oxygen atoms in total. The van der Waals surface area contributed by atoms with E-state index in [0.717, 1.165) is 35.2 Å². The van der Waals surface area contributed by atoms with Crippen LogP contribution in [0.15, 0.2) is 18.5 Å². The van der Waals surface area contributed by atoms with Crippen LogP contribution in [-0.2, 0) is 6.42 Å². The van der Waals surface area contributed by atoms with Crippen LogP contribution >= 0.6 is 11.6 Å². The van der Waals surface area contributed by atoms with Crippen LogP contribution in [0.4, 0.5) is 5.69 Å². The molecular weight excluding hydrogens is 360 g/mol. The topological polar surface area (TPSA) is 51.4 Å². The molecule has 4 rings (SSSR count). The summed E-state index contributed by atoms with van der Waals surface area (Å²) in [7, 11) is 0. The van der Waals surface area contributed by atoms with Crippen molar-refractivity contribution in [1.82, 2.24) is 15.3 Å². The average Bonchev–Trinajstić information content (AvgIpc) is 2.99. The van der Waals surface area contributed by atoms with E-state index in [0.29, 0.717) is 35.1 Å². The smallest absolute Gasteiger partial charge is 0.219 e. The number of nitrogens with one attached hydrogen (secondary N) is 1. The monoisotopic (exact) mass is 382 g/mol. The van der Waals surface area contributed by atoms with E-state index in [9.17, 15) is 0 Å². The summed E-state index contributed by atoms with van der Waals surface area (Å²) in [4.78, 5) is 12.4. The fourth-order valence-electron chi connectivity index (χ4n) is 4.19. The Morgan fingerprint density at radius 2 is 1.96 bits per heavy atom. The zero-order chi connectivity index (χ0) is 19.0. The number of hydrogen-bond acceptors (Lipinski definition) is 4. The van der Waals surface area contributed by atoms with Gasteiger partial charge in [0.15, 0.2) is 5.69 Å². The van der Waals surface area contributed by atoms with Gasteiger partial charge in [0.25, 0.3) is 0 Å². The zero-order valence-electron chi connectivity index (χ0n) is 15.6. The molecule has 2 fully saturated rings. The number of piperidine rings is 1. The highest BCUT2D eigenvalue weighted by Gasteiger charge is 2.34. The summed E-state index contributed by atoms with van der Waals surface area (Å²) < 4.78 is 6.27. The summed E-state index contributed by atoms with van der Waals surface area (Å²) in [5, 5.41) is 4.24. The number of ether oxygens (including phenoxy) is 1. The van der Waals surface area contributed by atoms with Gasteiger partial charge in [-0.2, -0.15) is 0 Å². The summed E-state index contributed by atoms with van der Waals surface area (Å²) in [6, 6.07) is 4.87. The predicted octanol–water partition coefficient (Wildman–Crippen LogP) is 4.55. The maximum absolute atomic E-state index is 7.21. The zero-order valence-corrected chi connectivity index (χ0v) is 16.4. The maximum atomic E-state index is 7.21. The minimum Gasteiger partial charge on any atom is -0.474 e. The van der Waals surface area contributed by atoms with Gasteiger partial charge in [-0.25, -0.2) is 14.8 Å². The van der Waals surface area contributed by atoms with Crippen LogP contribution in [0.2, 0.25) is 5.02 Å². The summed E-state index contributed by atoms with van der Waals surface area (Å²) in [5.41, 5.74) is 4.36. The molecule has 2 aliphatic rings. The van der Waals surface area contributed by atoms with Crippen LogP contribution in [0.25, 0.3) is 4.85 Å². The van der Waals surface area contributed by atoms with E-state index in [4.69, 9.17) is 22.9 Å². The molecule has 2 unspecified atom stereocenters. The molecule has 1 aromatic carbocycles. The van der Waals surface area contributed by atoms with Crippen LogP contribution < -0.4 is 10.1 Å². The molecule has 0 radical (unpaired) electrons. The third-order valence-electron chi connectivity index (χ3n) is 5.69. The van der Waals surface area contributed by atoms with Crippen molar-refractivity contribution in [1.29, 1.82) is 0 Å². The lowest BCUT2D eigenvalue weighted by atomic mass is 10.0. The van der Waals surface area contributed by atoms with Crippen molar-refractivity contribution in [2.24, 2.45) is 0 Å². The number of benzene rings is 1. The van der Waals surface area contributed by atoms with Gasteiger partial charge in [0.2, 0.25) is 5.88 Å². The molecule has 140 valence electrons. The molecule has 0 saturated carbocycles. The first-order chi connectivity index (χ1) is 13.0. The van der Waals surface area contributed by atoms with Gasteiger partial charge in [-0.1, -0.05) is 17.7 Å². The Bertz CT molecular complexity index is 896. The van der Waals surface area contributed by atoms with Crippen molar-refractivity contribution in [3.8, 4) is 5.88 Å². The number of rotatable bonds is 4. The minimum atomic E-state index is 0.217. The van der Waals surface area contributed by atoms with Gasteiger partial charge in [0, 0.05) is 29.1 Å². The Labute approximate surface area is 164 Å². The highest BCUT2D eigenvalue weighted by molar-refractivity contribution is 6.31. The molecule has 2 saturated heterocycles. The van der Waals surface area contributed by atoms with Crippen LogP contribution in [-0.4, -0.2) is 28.2 Å². The Hall–Kier alpha value is -2.16. The van der Waals surface area contributed by atoms with Crippen molar-refractivity contribution in [3.63, 3.8) is 0 Å². The van der Waals surface area contributed by atoms with E-state index in [1.54, 1.807) is 12.4 Å². The Morgan fingerprint density at radius 3 is 2.67 bits per heavy atom. The van der Waals surface area contributed by atoms with Gasteiger partial charge in [0.05, 0.1) is 12.3 Å². The van der Waals surface area contributed by atoms with Gasteiger partial charge in [-0.15, -0.1) is 0 Å². The van der Waals surface area contributed by atoms with Gasteiger partial charge in [-0.05, 0) is 56.7 Å². The molecule has 0 spiro atoms. The molecule has 2 aromatic rings. The van der Waals surface area contributed by atoms with Crippen molar-refractivity contribution >= 4 is 17.3 Å². The normalized spacial score (nSPS) is 23.9. The molecule has 0 amide bonds. The number of aryl methyl sites for hydroxylation is 1. The second kappa shape index (κ2) is 7.46. The molecule has 2 atom stereocenters. The van der Waals surface area contributed by atoms with Gasteiger partial charge in [-0.3, -0.25) is 0 Å². The number of nitrogens with zero attached hydrogens (tertiary/aromatic N) is 3. The van der Waals surface area contributed by atoms with E-state index in [2.05, 4.69) is 20.1 Å². The largest absolute Gasteiger partial charge is 0.474 e. The average molecular weight is 383 g/mol. The number of aromatic nitrogens is 2. The van der Waals surface area contributed by atoms with Crippen LogP contribution in [0.5, 0.6) is 5.88 Å². The number of fused-ring (bicyclic) bond motifs is 2. The van der Waals surface area contributed by atoms with Crippen molar-refractivity contribution in [2.75, 3.05) is 0 Å². The minimum absolute atomic E-state index is 0.217. The van der Waals surface area contributed by atoms with Crippen molar-refractivity contribution < 1.29 is 4.74 Å². The first-order valence-electron chi connectivity index (χ1n) is 9.43.